The zero-order valence-corrected chi connectivity index (χ0v) is 84.7. The highest BCUT2D eigenvalue weighted by molar-refractivity contribution is 5.06. The summed E-state index contributed by atoms with van der Waals surface area (Å²) in [5, 5.41) is 0. The molecule has 6 heteroatoms. The first-order valence-corrected chi connectivity index (χ1v) is 49.7. The number of halogens is 6. The minimum Gasteiger partial charge on any atom is -0.207 e. The molecule has 0 amide bonds. The smallest absolute Gasteiger partial charge is 0.207 e. The van der Waals surface area contributed by atoms with Crippen LogP contribution in [0, 0.1) is 146 Å². The molecule has 0 aliphatic heterocycles. The van der Waals surface area contributed by atoms with E-state index >= 15 is 0 Å². The predicted molar refractivity (Wildman–Crippen MR) is 551 cm³/mol. The fourth-order valence-electron chi connectivity index (χ4n) is 15.8. The Morgan fingerprint density at radius 2 is 0.700 bits per heavy atom. The van der Waals surface area contributed by atoms with Crippen molar-refractivity contribution in [3.8, 4) is 0 Å². The summed E-state index contributed by atoms with van der Waals surface area (Å²) in [7, 11) is 0. The van der Waals surface area contributed by atoms with Crippen LogP contribution >= 0.6 is 0 Å². The van der Waals surface area contributed by atoms with Crippen LogP contribution in [0.25, 0.3) is 0 Å². The van der Waals surface area contributed by atoms with Crippen LogP contribution in [0.15, 0.2) is 12.2 Å². The Morgan fingerprint density at radius 1 is 0.342 bits per heavy atom. The lowest BCUT2D eigenvalue weighted by Gasteiger charge is -2.29. The van der Waals surface area contributed by atoms with Crippen molar-refractivity contribution in [2.24, 2.45) is 146 Å². The van der Waals surface area contributed by atoms with E-state index in [0.29, 0.717) is 48.3 Å². The fourth-order valence-corrected chi connectivity index (χ4v) is 15.8. The van der Waals surface area contributed by atoms with Gasteiger partial charge < -0.3 is 0 Å². The molecule has 4 fully saturated rings. The number of hydrogen-bond acceptors (Lipinski definition) is 0. The summed E-state index contributed by atoms with van der Waals surface area (Å²) in [5.74, 6) is 6.31. The number of rotatable bonds is 51. The van der Waals surface area contributed by atoms with Gasteiger partial charge in [-0.2, -0.15) is 0 Å². The van der Waals surface area contributed by atoms with Gasteiger partial charge in [0.15, 0.2) is 0 Å². The summed E-state index contributed by atoms with van der Waals surface area (Å²) >= 11 is 0. The highest BCUT2D eigenvalue weighted by Crippen LogP contribution is 2.61. The standard InChI is InChI=1S/2C13H26.C13H28.C12H22F2.C12H24.2C11H22F2.C11H24.C11H22.7CH4/c1-11(2)6-5-7-13(8-9-13)10-12(3)4;1-11(2)7-5-6-8-13(9-10-13)12(3)4;1-11(2)9-7-8-10-13(5,6)12(3)4;1-8(2)6-5-7-10-11(9(3)4)12(10,13)14;1-9(2)6-5-7-11-8-12(11)10(3)4;1-9(2)6-5-7-11(12,13)8-10(3)4;1-9(2)7-5-6-8-11(12,13)10(3)4;2*1-10(2)8-6-5-7-9-11(3)4;;;;;;;/h2*11-12H,5-10H2,1-4H3;11-12H,7-10H2,1-6H3;8-11H,5-7H2,1-4H3;9-12H,5-8H2,1-4H3;2*9-10H,5-8H2,1-4H3;10-11H,5-9H2,1-4H3;6,8,10-11H,5,7,9H2,1-4H3;7*1H4/b;;;;;;;;8-6+;;;;;;;. The number of alkyl halides is 6. The van der Waals surface area contributed by atoms with E-state index < -0.39 is 23.7 Å². The molecule has 0 aromatic rings. The average molecular weight is 1730 g/mol. The van der Waals surface area contributed by atoms with Gasteiger partial charge in [0, 0.05) is 37.0 Å². The van der Waals surface area contributed by atoms with Crippen molar-refractivity contribution in [2.75, 3.05) is 0 Å². The summed E-state index contributed by atoms with van der Waals surface area (Å²) < 4.78 is 78.9. The molecule has 4 saturated carbocycles. The van der Waals surface area contributed by atoms with Crippen molar-refractivity contribution < 1.29 is 26.3 Å². The molecule has 0 saturated heterocycles. The van der Waals surface area contributed by atoms with Crippen molar-refractivity contribution >= 4 is 0 Å². The minimum absolute atomic E-state index is 0. The van der Waals surface area contributed by atoms with Crippen molar-refractivity contribution in [3.63, 3.8) is 0 Å². The van der Waals surface area contributed by atoms with Gasteiger partial charge in [0.2, 0.25) is 11.8 Å². The van der Waals surface area contributed by atoms with E-state index in [4.69, 9.17) is 0 Å². The third-order valence-corrected chi connectivity index (χ3v) is 25.1. The van der Waals surface area contributed by atoms with Crippen LogP contribution in [0.1, 0.15) is 566 Å². The summed E-state index contributed by atoms with van der Waals surface area (Å²) in [6.45, 7) is 83.9. The first-order chi connectivity index (χ1) is 51.9. The van der Waals surface area contributed by atoms with Crippen LogP contribution in [-0.2, 0) is 0 Å². The van der Waals surface area contributed by atoms with Crippen molar-refractivity contribution in [2.45, 2.75) is 583 Å². The minimum atomic E-state index is -2.46. The van der Waals surface area contributed by atoms with E-state index in [1.165, 1.54) is 180 Å². The molecule has 0 N–H and O–H groups in total. The second-order valence-corrected chi connectivity index (χ2v) is 45.6. The average Bonchev–Trinajstić information content (AvgIpc) is 1.57. The number of allylic oxidation sites excluding steroid dienone is 2. The molecule has 0 heterocycles. The number of unbranched alkanes of at least 4 members (excludes halogenated alkanes) is 6. The second-order valence-electron chi connectivity index (χ2n) is 45.6. The molecule has 4 aliphatic rings. The monoisotopic (exact) mass is 1730 g/mol. The Labute approximate surface area is 763 Å². The molecule has 0 spiro atoms. The number of hydrogen-bond donors (Lipinski definition) is 0. The van der Waals surface area contributed by atoms with E-state index in [0.717, 1.165) is 120 Å². The zero-order chi connectivity index (χ0) is 88.7. The van der Waals surface area contributed by atoms with Gasteiger partial charge >= 0.3 is 0 Å². The maximum absolute atomic E-state index is 13.2. The molecule has 0 aromatic heterocycles. The molecular weight excluding hydrogens is 1480 g/mol. The molecule has 0 radical (unpaired) electrons. The normalized spacial score (nSPS) is 17.0. The lowest BCUT2D eigenvalue weighted by atomic mass is 9.77. The van der Waals surface area contributed by atoms with Gasteiger partial charge in [-0.15, -0.1) is 0 Å². The fraction of sp³-hybridized carbons (Fsp3) is 0.982. The van der Waals surface area contributed by atoms with Gasteiger partial charge in [-0.25, -0.2) is 26.3 Å². The van der Waals surface area contributed by atoms with E-state index in [1.807, 2.05) is 27.7 Å². The summed E-state index contributed by atoms with van der Waals surface area (Å²) in [6, 6.07) is 0. The van der Waals surface area contributed by atoms with Crippen LogP contribution < -0.4 is 0 Å². The Balaban J connectivity index is -0.000000109. The third kappa shape index (κ3) is 92.0. The second kappa shape index (κ2) is 80.4. The highest BCUT2D eigenvalue weighted by Gasteiger charge is 2.68. The van der Waals surface area contributed by atoms with Gasteiger partial charge in [-0.05, 0) is 219 Å². The molecule has 4 atom stereocenters. The zero-order valence-electron chi connectivity index (χ0n) is 84.7. The molecule has 0 aromatic carbocycles. The van der Waals surface area contributed by atoms with Crippen molar-refractivity contribution in [3.05, 3.63) is 12.2 Å². The Morgan fingerprint density at radius 3 is 1.02 bits per heavy atom. The molecule has 4 unspecified atom stereocenters. The molecule has 4 aliphatic carbocycles. The molecule has 0 bridgehead atoms. The van der Waals surface area contributed by atoms with Crippen molar-refractivity contribution in [1.82, 2.24) is 0 Å². The Hall–Kier alpha value is -0.680. The van der Waals surface area contributed by atoms with E-state index in [2.05, 4.69) is 234 Å². The van der Waals surface area contributed by atoms with Crippen LogP contribution in [-0.4, -0.2) is 17.8 Å². The Bertz CT molecular complexity index is 1970. The molecule has 4 rings (SSSR count). The first-order valence-electron chi connectivity index (χ1n) is 49.7. The summed E-state index contributed by atoms with van der Waals surface area (Å²) in [5.41, 5.74) is 2.14. The highest BCUT2D eigenvalue weighted by atomic mass is 19.3. The summed E-state index contributed by atoms with van der Waals surface area (Å²) in [6.07, 6.45) is 52.1. The predicted octanol–water partition coefficient (Wildman–Crippen LogP) is 44.3. The SMILES string of the molecule is C.C.C.C.C.C.C.CC(C)/C=C/CCCC(C)C.CC(C)CCCC(F)(F)CC(C)C.CC(C)CCCC1(CC(C)C)CC1.CC(C)CCCC1C(C(C)C)C1(F)F.CC(C)CCCC1CC1C(C)C.CC(C)CCCCC(C)(C)C(C)C.CC(C)CCCCC(F)(F)C(C)C.CC(C)CCCCC1(C(C)C)CC1.CC(C)CCCCCC(C)C. The van der Waals surface area contributed by atoms with E-state index in [-0.39, 0.29) is 94.9 Å². The van der Waals surface area contributed by atoms with Crippen LogP contribution in [0.4, 0.5) is 26.3 Å². The third-order valence-electron chi connectivity index (χ3n) is 25.1. The maximum Gasteiger partial charge on any atom is 0.254 e. The van der Waals surface area contributed by atoms with Crippen LogP contribution in [0.2, 0.25) is 0 Å². The van der Waals surface area contributed by atoms with Gasteiger partial charge in [0.25, 0.3) is 5.92 Å². The quantitative estimate of drug-likeness (QED) is 0.0323. The Kier molecular flexibility index (Phi) is 97.2. The first kappa shape index (κ1) is 145. The topological polar surface area (TPSA) is 0 Å². The molecule has 120 heavy (non-hydrogen) atoms. The van der Waals surface area contributed by atoms with Crippen LogP contribution in [0.3, 0.4) is 0 Å². The summed E-state index contributed by atoms with van der Waals surface area (Å²) in [4.78, 5) is 0. The van der Waals surface area contributed by atoms with Gasteiger partial charge in [0.1, 0.15) is 0 Å². The van der Waals surface area contributed by atoms with Gasteiger partial charge in [-0.3, -0.25) is 0 Å². The largest absolute Gasteiger partial charge is 0.254 e. The lowest BCUT2D eigenvalue weighted by Crippen LogP contribution is -2.23. The van der Waals surface area contributed by atoms with Crippen LogP contribution in [0.5, 0.6) is 0 Å². The van der Waals surface area contributed by atoms with Crippen molar-refractivity contribution in [1.29, 1.82) is 0 Å². The van der Waals surface area contributed by atoms with Gasteiger partial charge in [0.05, 0.1) is 0 Å². The molecule has 742 valence electrons. The lowest BCUT2D eigenvalue weighted by molar-refractivity contribution is -0.0542. The van der Waals surface area contributed by atoms with Gasteiger partial charge in [-0.1, -0.05) is 468 Å². The molecular formula is C114H244F6. The van der Waals surface area contributed by atoms with E-state index in [9.17, 15) is 26.3 Å². The van der Waals surface area contributed by atoms with E-state index in [1.54, 1.807) is 13.8 Å². The molecule has 0 nitrogen and oxygen atoms in total. The maximum atomic E-state index is 13.2.